The monoisotopic (exact) mass is 360 g/mol. The standard InChI is InChI=1S/C19H24N2O3S/c1-14(15-9-6-5-7-10-15)20-18(22)16-11-8-12-17(13-16)25(23,24)21-19(2,3)4/h5-14,21H,1-4H3,(H,20,22)/t14-/m1/s1. The maximum absolute atomic E-state index is 12.5. The minimum atomic E-state index is -3.68. The Kier molecular flexibility index (Phi) is 5.65. The average Bonchev–Trinajstić information content (AvgIpc) is 2.53. The highest BCUT2D eigenvalue weighted by molar-refractivity contribution is 7.89. The molecule has 2 rings (SSSR count). The summed E-state index contributed by atoms with van der Waals surface area (Å²) in [4.78, 5) is 12.5. The molecule has 0 saturated carbocycles. The molecule has 0 radical (unpaired) electrons. The van der Waals surface area contributed by atoms with Crippen molar-refractivity contribution in [2.75, 3.05) is 0 Å². The van der Waals surface area contributed by atoms with E-state index in [4.69, 9.17) is 0 Å². The van der Waals surface area contributed by atoms with Crippen LogP contribution >= 0.6 is 0 Å². The number of amides is 1. The van der Waals surface area contributed by atoms with Gasteiger partial charge in [-0.25, -0.2) is 13.1 Å². The normalized spacial score (nSPS) is 13.3. The third-order valence-corrected chi connectivity index (χ3v) is 5.25. The first kappa shape index (κ1) is 19.1. The Morgan fingerprint density at radius 3 is 2.24 bits per heavy atom. The van der Waals surface area contributed by atoms with Gasteiger partial charge in [0, 0.05) is 11.1 Å². The van der Waals surface area contributed by atoms with Gasteiger partial charge in [-0.15, -0.1) is 0 Å². The number of hydrogen-bond acceptors (Lipinski definition) is 3. The Hall–Kier alpha value is -2.18. The molecule has 134 valence electrons. The van der Waals surface area contributed by atoms with Gasteiger partial charge in [-0.2, -0.15) is 0 Å². The van der Waals surface area contributed by atoms with Crippen molar-refractivity contribution in [1.29, 1.82) is 0 Å². The smallest absolute Gasteiger partial charge is 0.251 e. The number of rotatable bonds is 5. The van der Waals surface area contributed by atoms with Crippen LogP contribution in [-0.4, -0.2) is 19.9 Å². The molecule has 2 N–H and O–H groups in total. The van der Waals surface area contributed by atoms with Crippen molar-refractivity contribution in [1.82, 2.24) is 10.0 Å². The van der Waals surface area contributed by atoms with Gasteiger partial charge in [0.05, 0.1) is 10.9 Å². The van der Waals surface area contributed by atoms with E-state index in [0.717, 1.165) is 5.56 Å². The number of hydrogen-bond donors (Lipinski definition) is 2. The van der Waals surface area contributed by atoms with Crippen molar-refractivity contribution in [3.8, 4) is 0 Å². The van der Waals surface area contributed by atoms with Crippen LogP contribution in [0.2, 0.25) is 0 Å². The van der Waals surface area contributed by atoms with Crippen molar-refractivity contribution in [2.24, 2.45) is 0 Å². The predicted octanol–water partition coefficient (Wildman–Crippen LogP) is 3.25. The zero-order valence-electron chi connectivity index (χ0n) is 14.9. The van der Waals surface area contributed by atoms with Crippen molar-refractivity contribution < 1.29 is 13.2 Å². The van der Waals surface area contributed by atoms with E-state index < -0.39 is 15.6 Å². The number of benzene rings is 2. The molecule has 0 aliphatic heterocycles. The van der Waals surface area contributed by atoms with Crippen LogP contribution in [0.15, 0.2) is 59.5 Å². The summed E-state index contributed by atoms with van der Waals surface area (Å²) < 4.78 is 27.4. The molecule has 2 aromatic rings. The Balaban J connectivity index is 2.19. The highest BCUT2D eigenvalue weighted by atomic mass is 32.2. The molecule has 0 unspecified atom stereocenters. The highest BCUT2D eigenvalue weighted by Crippen LogP contribution is 2.16. The number of sulfonamides is 1. The van der Waals surface area contributed by atoms with Crippen molar-refractivity contribution in [3.63, 3.8) is 0 Å². The molecule has 2 aromatic carbocycles. The summed E-state index contributed by atoms with van der Waals surface area (Å²) in [7, 11) is -3.68. The first-order chi connectivity index (χ1) is 11.6. The van der Waals surface area contributed by atoms with Crippen LogP contribution < -0.4 is 10.0 Å². The fourth-order valence-electron chi connectivity index (χ4n) is 2.37. The first-order valence-electron chi connectivity index (χ1n) is 8.08. The molecule has 0 bridgehead atoms. The van der Waals surface area contributed by atoms with E-state index in [1.54, 1.807) is 32.9 Å². The van der Waals surface area contributed by atoms with Crippen molar-refractivity contribution >= 4 is 15.9 Å². The lowest BCUT2D eigenvalue weighted by atomic mass is 10.1. The fraction of sp³-hybridized carbons (Fsp3) is 0.316. The van der Waals surface area contributed by atoms with Crippen LogP contribution in [0.4, 0.5) is 0 Å². The topological polar surface area (TPSA) is 75.3 Å². The van der Waals surface area contributed by atoms with Crippen LogP contribution in [0.3, 0.4) is 0 Å². The zero-order valence-corrected chi connectivity index (χ0v) is 15.7. The molecule has 0 fully saturated rings. The molecule has 25 heavy (non-hydrogen) atoms. The van der Waals surface area contributed by atoms with Gasteiger partial charge in [-0.3, -0.25) is 4.79 Å². The van der Waals surface area contributed by atoms with Crippen LogP contribution in [0.1, 0.15) is 49.7 Å². The number of carbonyl (C=O) groups excluding carboxylic acids is 1. The Bertz CT molecular complexity index is 840. The van der Waals surface area contributed by atoms with Crippen molar-refractivity contribution in [3.05, 3.63) is 65.7 Å². The van der Waals surface area contributed by atoms with Crippen LogP contribution in [0.5, 0.6) is 0 Å². The second kappa shape index (κ2) is 7.37. The molecular weight excluding hydrogens is 336 g/mol. The first-order valence-corrected chi connectivity index (χ1v) is 9.57. The predicted molar refractivity (Wildman–Crippen MR) is 98.8 cm³/mol. The molecule has 0 aliphatic carbocycles. The number of nitrogens with one attached hydrogen (secondary N) is 2. The fourth-order valence-corrected chi connectivity index (χ4v) is 3.84. The number of carbonyl (C=O) groups is 1. The second-order valence-electron chi connectivity index (χ2n) is 6.99. The highest BCUT2D eigenvalue weighted by Gasteiger charge is 2.23. The SMILES string of the molecule is C[C@@H](NC(=O)c1cccc(S(=O)(=O)NC(C)(C)C)c1)c1ccccc1. The quantitative estimate of drug-likeness (QED) is 0.859. The molecule has 0 aliphatic rings. The maximum atomic E-state index is 12.5. The Morgan fingerprint density at radius 1 is 1.00 bits per heavy atom. The zero-order chi connectivity index (χ0) is 18.7. The Morgan fingerprint density at radius 2 is 1.64 bits per heavy atom. The summed E-state index contributed by atoms with van der Waals surface area (Å²) in [6.45, 7) is 7.18. The lowest BCUT2D eigenvalue weighted by Crippen LogP contribution is -2.40. The van der Waals surface area contributed by atoms with E-state index in [2.05, 4.69) is 10.0 Å². The summed E-state index contributed by atoms with van der Waals surface area (Å²) >= 11 is 0. The largest absolute Gasteiger partial charge is 0.346 e. The molecular formula is C19H24N2O3S. The van der Waals surface area contributed by atoms with E-state index in [1.807, 2.05) is 37.3 Å². The molecule has 1 amide bonds. The lowest BCUT2D eigenvalue weighted by molar-refractivity contribution is 0.0939. The van der Waals surface area contributed by atoms with Crippen molar-refractivity contribution in [2.45, 2.75) is 44.2 Å². The molecule has 0 heterocycles. The van der Waals surface area contributed by atoms with E-state index in [1.165, 1.54) is 12.1 Å². The van der Waals surface area contributed by atoms with Crippen LogP contribution in [0, 0.1) is 0 Å². The maximum Gasteiger partial charge on any atom is 0.251 e. The van der Waals surface area contributed by atoms with Gasteiger partial charge in [0.15, 0.2) is 0 Å². The van der Waals surface area contributed by atoms with Gasteiger partial charge in [-0.05, 0) is 51.5 Å². The van der Waals surface area contributed by atoms with Crippen LogP contribution in [0.25, 0.3) is 0 Å². The third-order valence-electron chi connectivity index (χ3n) is 3.49. The summed E-state index contributed by atoms with van der Waals surface area (Å²) in [5.74, 6) is -0.316. The summed E-state index contributed by atoms with van der Waals surface area (Å²) in [5.41, 5.74) is 0.687. The van der Waals surface area contributed by atoms with Gasteiger partial charge in [-0.1, -0.05) is 36.4 Å². The van der Waals surface area contributed by atoms with E-state index in [9.17, 15) is 13.2 Å². The average molecular weight is 360 g/mol. The molecule has 5 nitrogen and oxygen atoms in total. The van der Waals surface area contributed by atoms with E-state index >= 15 is 0 Å². The molecule has 0 aromatic heterocycles. The van der Waals surface area contributed by atoms with Crippen LogP contribution in [-0.2, 0) is 10.0 Å². The summed E-state index contributed by atoms with van der Waals surface area (Å²) in [6.07, 6.45) is 0. The van der Waals surface area contributed by atoms with E-state index in [0.29, 0.717) is 5.56 Å². The van der Waals surface area contributed by atoms with Gasteiger partial charge >= 0.3 is 0 Å². The molecule has 1 atom stereocenters. The van der Waals surface area contributed by atoms with Gasteiger partial charge in [0.25, 0.3) is 5.91 Å². The summed E-state index contributed by atoms with van der Waals surface area (Å²) in [6, 6.07) is 15.4. The minimum absolute atomic E-state index is 0.0717. The van der Waals surface area contributed by atoms with Gasteiger partial charge < -0.3 is 5.32 Å². The minimum Gasteiger partial charge on any atom is -0.346 e. The molecule has 6 heteroatoms. The van der Waals surface area contributed by atoms with Gasteiger partial charge in [0.2, 0.25) is 10.0 Å². The second-order valence-corrected chi connectivity index (χ2v) is 8.67. The molecule has 0 spiro atoms. The van der Waals surface area contributed by atoms with Gasteiger partial charge in [0.1, 0.15) is 0 Å². The Labute approximate surface area is 149 Å². The van der Waals surface area contributed by atoms with E-state index in [-0.39, 0.29) is 16.8 Å². The third kappa shape index (κ3) is 5.41. The summed E-state index contributed by atoms with van der Waals surface area (Å²) in [5, 5.41) is 2.89. The lowest BCUT2D eigenvalue weighted by Gasteiger charge is -2.20. The molecule has 0 saturated heterocycles.